The molecule has 0 unspecified atom stereocenters. The monoisotopic (exact) mass is 355 g/mol. The third kappa shape index (κ3) is 4.50. The van der Waals surface area contributed by atoms with E-state index in [0.29, 0.717) is 5.02 Å². The molecule has 0 radical (unpaired) electrons. The maximum atomic E-state index is 12.5. The summed E-state index contributed by atoms with van der Waals surface area (Å²) < 4.78 is 5.58. The molecule has 1 heterocycles. The summed E-state index contributed by atoms with van der Waals surface area (Å²) in [6.07, 6.45) is 1.65. The smallest absolute Gasteiger partial charge is 0.282 e. The van der Waals surface area contributed by atoms with Gasteiger partial charge >= 0.3 is 0 Å². The second-order valence-corrected chi connectivity index (χ2v) is 6.32. The second-order valence-electron chi connectivity index (χ2n) is 5.88. The van der Waals surface area contributed by atoms with Gasteiger partial charge in [0.25, 0.3) is 5.91 Å². The molecule has 5 heteroatoms. The summed E-state index contributed by atoms with van der Waals surface area (Å²) in [5.74, 6) is 0.743. The van der Waals surface area contributed by atoms with Crippen molar-refractivity contribution in [3.63, 3.8) is 0 Å². The predicted octanol–water partition coefficient (Wildman–Crippen LogP) is 3.61. The first-order valence-electron chi connectivity index (χ1n) is 8.13. The van der Waals surface area contributed by atoms with Gasteiger partial charge in [0.15, 0.2) is 17.8 Å². The minimum atomic E-state index is -0.300. The number of hydrogen-bond donors (Lipinski definition) is 2. The molecule has 25 heavy (non-hydrogen) atoms. The van der Waals surface area contributed by atoms with Crippen LogP contribution in [0.2, 0.25) is 5.02 Å². The summed E-state index contributed by atoms with van der Waals surface area (Å²) in [6.45, 7) is 1.88. The average Bonchev–Trinajstić information content (AvgIpc) is 3.16. The van der Waals surface area contributed by atoms with Crippen molar-refractivity contribution in [2.75, 3.05) is 5.32 Å². The van der Waals surface area contributed by atoms with Crippen LogP contribution in [0.4, 0.5) is 5.69 Å². The molecule has 0 saturated heterocycles. The van der Waals surface area contributed by atoms with Crippen molar-refractivity contribution >= 4 is 23.2 Å². The Morgan fingerprint density at radius 2 is 1.76 bits per heavy atom. The van der Waals surface area contributed by atoms with Crippen LogP contribution in [0, 0.1) is 0 Å². The van der Waals surface area contributed by atoms with Gasteiger partial charge in [-0.2, -0.15) is 0 Å². The molecular weight excluding hydrogens is 336 g/mol. The van der Waals surface area contributed by atoms with E-state index in [4.69, 9.17) is 16.0 Å². The highest BCUT2D eigenvalue weighted by atomic mass is 35.5. The first-order chi connectivity index (χ1) is 12.1. The number of amides is 1. The predicted molar refractivity (Wildman–Crippen MR) is 98.5 cm³/mol. The van der Waals surface area contributed by atoms with Gasteiger partial charge in [-0.15, -0.1) is 0 Å². The number of rotatable bonds is 6. The number of hydrogen-bond acceptors (Lipinski definition) is 2. The fraction of sp³-hybridized carbons (Fsp3) is 0.150. The topological polar surface area (TPSA) is 58.9 Å². The third-order valence-electron chi connectivity index (χ3n) is 4.01. The van der Waals surface area contributed by atoms with E-state index in [-0.39, 0.29) is 18.0 Å². The number of halogens is 1. The summed E-state index contributed by atoms with van der Waals surface area (Å²) in [6, 6.07) is 20.5. The molecule has 2 atom stereocenters. The van der Waals surface area contributed by atoms with Gasteiger partial charge in [0.1, 0.15) is 0 Å². The molecule has 0 aliphatic heterocycles. The number of carbonyl (C=O) groups excluding carboxylic acids is 1. The lowest BCUT2D eigenvalue weighted by Crippen LogP contribution is -2.92. The Kier molecular flexibility index (Phi) is 5.53. The van der Waals surface area contributed by atoms with E-state index in [2.05, 4.69) is 5.32 Å². The molecule has 3 N–H and O–H groups in total. The van der Waals surface area contributed by atoms with Crippen LogP contribution in [-0.4, -0.2) is 11.9 Å². The number of anilines is 1. The van der Waals surface area contributed by atoms with Crippen molar-refractivity contribution in [1.82, 2.24) is 0 Å². The molecule has 1 amide bonds. The average molecular weight is 356 g/mol. The summed E-state index contributed by atoms with van der Waals surface area (Å²) in [4.78, 5) is 12.5. The lowest BCUT2D eigenvalue weighted by molar-refractivity contribution is -0.706. The number of nitrogens with two attached hydrogens (primary N) is 1. The summed E-state index contributed by atoms with van der Waals surface area (Å²) in [5.41, 5.74) is 1.81. The first kappa shape index (κ1) is 17.3. The lowest BCUT2D eigenvalue weighted by atomic mass is 10.0. The van der Waals surface area contributed by atoms with Crippen molar-refractivity contribution in [3.05, 3.63) is 89.3 Å². The van der Waals surface area contributed by atoms with Gasteiger partial charge in [-0.25, -0.2) is 0 Å². The Morgan fingerprint density at radius 1 is 1.04 bits per heavy atom. The third-order valence-corrected chi connectivity index (χ3v) is 4.27. The van der Waals surface area contributed by atoms with Crippen LogP contribution in [-0.2, 0) is 4.79 Å². The van der Waals surface area contributed by atoms with Crippen molar-refractivity contribution in [2.45, 2.75) is 19.0 Å². The van der Waals surface area contributed by atoms with Crippen LogP contribution in [0.1, 0.15) is 24.3 Å². The van der Waals surface area contributed by atoms with Crippen molar-refractivity contribution in [3.8, 4) is 0 Å². The molecule has 0 bridgehead atoms. The molecule has 3 rings (SSSR count). The van der Waals surface area contributed by atoms with Gasteiger partial charge in [0.05, 0.1) is 6.26 Å². The van der Waals surface area contributed by atoms with Gasteiger partial charge < -0.3 is 15.1 Å². The maximum absolute atomic E-state index is 12.5. The highest BCUT2D eigenvalue weighted by Gasteiger charge is 2.26. The fourth-order valence-electron chi connectivity index (χ4n) is 2.66. The zero-order valence-corrected chi connectivity index (χ0v) is 14.6. The Hall–Kier alpha value is -2.56. The van der Waals surface area contributed by atoms with E-state index in [0.717, 1.165) is 17.0 Å². The SMILES string of the molecule is C[C@@H]([NH2+][C@@H](c1ccccc1)c1ccco1)C(=O)Nc1ccc(Cl)cc1. The van der Waals surface area contributed by atoms with E-state index in [9.17, 15) is 4.79 Å². The zero-order valence-electron chi connectivity index (χ0n) is 13.9. The summed E-state index contributed by atoms with van der Waals surface area (Å²) in [7, 11) is 0. The normalized spacial score (nSPS) is 13.2. The molecule has 3 aromatic rings. The largest absolute Gasteiger partial charge is 0.463 e. The van der Waals surface area contributed by atoms with Crippen LogP contribution in [0.15, 0.2) is 77.4 Å². The van der Waals surface area contributed by atoms with Crippen LogP contribution in [0.25, 0.3) is 0 Å². The molecule has 0 aliphatic carbocycles. The quantitative estimate of drug-likeness (QED) is 0.709. The van der Waals surface area contributed by atoms with Gasteiger partial charge in [0.2, 0.25) is 0 Å². The van der Waals surface area contributed by atoms with E-state index in [1.54, 1.807) is 30.5 Å². The number of furan rings is 1. The van der Waals surface area contributed by atoms with E-state index >= 15 is 0 Å². The van der Waals surface area contributed by atoms with E-state index in [1.165, 1.54) is 0 Å². The molecule has 0 saturated carbocycles. The second kappa shape index (κ2) is 8.01. The highest BCUT2D eigenvalue weighted by molar-refractivity contribution is 6.30. The maximum Gasteiger partial charge on any atom is 0.282 e. The molecule has 4 nitrogen and oxygen atoms in total. The molecule has 0 fully saturated rings. The highest BCUT2D eigenvalue weighted by Crippen LogP contribution is 2.19. The van der Waals surface area contributed by atoms with Crippen LogP contribution >= 0.6 is 11.6 Å². The number of benzene rings is 2. The van der Waals surface area contributed by atoms with Gasteiger partial charge in [0, 0.05) is 16.3 Å². The molecular formula is C20H20ClN2O2+. The van der Waals surface area contributed by atoms with E-state index < -0.39 is 0 Å². The Morgan fingerprint density at radius 3 is 2.40 bits per heavy atom. The fourth-order valence-corrected chi connectivity index (χ4v) is 2.79. The molecule has 1 aromatic heterocycles. The lowest BCUT2D eigenvalue weighted by Gasteiger charge is -2.18. The van der Waals surface area contributed by atoms with Crippen LogP contribution in [0.5, 0.6) is 0 Å². The Bertz CT molecular complexity index is 801. The Labute approximate surface area is 151 Å². The van der Waals surface area contributed by atoms with Crippen molar-refractivity contribution < 1.29 is 14.5 Å². The van der Waals surface area contributed by atoms with Crippen LogP contribution < -0.4 is 10.6 Å². The minimum absolute atomic E-state index is 0.0743. The molecule has 2 aromatic carbocycles. The van der Waals surface area contributed by atoms with Gasteiger partial charge in [-0.3, -0.25) is 4.79 Å². The number of carbonyl (C=O) groups is 1. The van der Waals surface area contributed by atoms with Crippen LogP contribution in [0.3, 0.4) is 0 Å². The first-order valence-corrected chi connectivity index (χ1v) is 8.51. The van der Waals surface area contributed by atoms with Crippen molar-refractivity contribution in [2.24, 2.45) is 0 Å². The standard InChI is InChI=1S/C20H19ClN2O2/c1-14(20(24)23-17-11-9-16(21)10-12-17)22-19(18-8-5-13-25-18)15-6-3-2-4-7-15/h2-14,19,22H,1H3,(H,23,24)/p+1/t14-,19+/m1/s1. The van der Waals surface area contributed by atoms with Crippen molar-refractivity contribution in [1.29, 1.82) is 0 Å². The summed E-state index contributed by atoms with van der Waals surface area (Å²) >= 11 is 5.88. The zero-order chi connectivity index (χ0) is 17.6. The van der Waals surface area contributed by atoms with E-state index in [1.807, 2.05) is 54.7 Å². The van der Waals surface area contributed by atoms with Gasteiger partial charge in [-0.1, -0.05) is 41.9 Å². The molecule has 128 valence electrons. The molecule has 0 spiro atoms. The van der Waals surface area contributed by atoms with Gasteiger partial charge in [-0.05, 0) is 43.3 Å². The number of quaternary nitrogens is 1. The Balaban J connectivity index is 1.72. The summed E-state index contributed by atoms with van der Waals surface area (Å²) in [5, 5.41) is 5.55. The minimum Gasteiger partial charge on any atom is -0.463 e. The number of nitrogens with one attached hydrogen (secondary N) is 1. The molecule has 0 aliphatic rings.